The van der Waals surface area contributed by atoms with Gasteiger partial charge in [0.25, 0.3) is 0 Å². The average Bonchev–Trinajstić information content (AvgIpc) is 2.31. The summed E-state index contributed by atoms with van der Waals surface area (Å²) in [5, 5.41) is 27.5. The molecule has 0 aliphatic heterocycles. The van der Waals surface area contributed by atoms with E-state index in [4.69, 9.17) is 5.11 Å². The maximum Gasteiger partial charge on any atom is 0.209 e. The number of benzene rings is 2. The SMILES string of the molecule is Oc1cccc(-c2cc(O)c(F)c(O)c2F)c1. The predicted octanol–water partition coefficient (Wildman–Crippen LogP) is 2.75. The van der Waals surface area contributed by atoms with Crippen molar-refractivity contribution in [3.63, 3.8) is 0 Å². The van der Waals surface area contributed by atoms with Gasteiger partial charge in [0.15, 0.2) is 17.3 Å². The van der Waals surface area contributed by atoms with Crippen LogP contribution in [0, 0.1) is 11.6 Å². The minimum Gasteiger partial charge on any atom is -0.508 e. The molecular weight excluding hydrogens is 230 g/mol. The zero-order chi connectivity index (χ0) is 12.6. The third kappa shape index (κ3) is 1.87. The first kappa shape index (κ1) is 11.2. The molecule has 0 unspecified atom stereocenters. The van der Waals surface area contributed by atoms with Gasteiger partial charge >= 0.3 is 0 Å². The Morgan fingerprint density at radius 2 is 1.59 bits per heavy atom. The molecule has 5 heteroatoms. The number of phenolic OH excluding ortho intramolecular Hbond substituents is 3. The van der Waals surface area contributed by atoms with Crippen molar-refractivity contribution in [2.75, 3.05) is 0 Å². The van der Waals surface area contributed by atoms with E-state index in [1.165, 1.54) is 24.3 Å². The molecule has 17 heavy (non-hydrogen) atoms. The lowest BCUT2D eigenvalue weighted by Gasteiger charge is -2.07. The Balaban J connectivity index is 2.68. The van der Waals surface area contributed by atoms with Gasteiger partial charge in [0.05, 0.1) is 0 Å². The van der Waals surface area contributed by atoms with Gasteiger partial charge < -0.3 is 15.3 Å². The van der Waals surface area contributed by atoms with Gasteiger partial charge in [-0.25, -0.2) is 4.39 Å². The molecule has 2 aromatic rings. The van der Waals surface area contributed by atoms with E-state index in [1.807, 2.05) is 0 Å². The van der Waals surface area contributed by atoms with Gasteiger partial charge in [-0.1, -0.05) is 12.1 Å². The van der Waals surface area contributed by atoms with Crippen LogP contribution in [0.5, 0.6) is 17.2 Å². The first-order chi connectivity index (χ1) is 8.00. The van der Waals surface area contributed by atoms with Crippen molar-refractivity contribution >= 4 is 0 Å². The fourth-order valence-electron chi connectivity index (χ4n) is 1.49. The van der Waals surface area contributed by atoms with E-state index in [0.29, 0.717) is 0 Å². The molecule has 0 amide bonds. The van der Waals surface area contributed by atoms with Crippen molar-refractivity contribution in [1.29, 1.82) is 0 Å². The van der Waals surface area contributed by atoms with Gasteiger partial charge in [0.2, 0.25) is 5.82 Å². The molecule has 0 heterocycles. The van der Waals surface area contributed by atoms with Crippen LogP contribution in [-0.2, 0) is 0 Å². The summed E-state index contributed by atoms with van der Waals surface area (Å²) >= 11 is 0. The summed E-state index contributed by atoms with van der Waals surface area (Å²) in [7, 11) is 0. The zero-order valence-electron chi connectivity index (χ0n) is 8.48. The normalized spacial score (nSPS) is 10.5. The fourth-order valence-corrected chi connectivity index (χ4v) is 1.49. The summed E-state index contributed by atoms with van der Waals surface area (Å²) in [5.74, 6) is -4.81. The fraction of sp³-hybridized carbons (Fsp3) is 0. The molecule has 0 spiro atoms. The Morgan fingerprint density at radius 1 is 0.882 bits per heavy atom. The van der Waals surface area contributed by atoms with Crippen LogP contribution >= 0.6 is 0 Å². The summed E-state index contributed by atoms with van der Waals surface area (Å²) < 4.78 is 26.6. The van der Waals surface area contributed by atoms with Crippen LogP contribution in [0.3, 0.4) is 0 Å². The van der Waals surface area contributed by atoms with Crippen molar-refractivity contribution in [3.8, 4) is 28.4 Å². The van der Waals surface area contributed by atoms with Gasteiger partial charge in [-0.15, -0.1) is 0 Å². The molecular formula is C12H8F2O3. The second-order valence-electron chi connectivity index (χ2n) is 3.47. The lowest BCUT2D eigenvalue weighted by Crippen LogP contribution is -1.89. The maximum atomic E-state index is 13.6. The van der Waals surface area contributed by atoms with E-state index in [2.05, 4.69) is 0 Å². The van der Waals surface area contributed by atoms with Gasteiger partial charge in [0, 0.05) is 5.56 Å². The number of hydrogen-bond acceptors (Lipinski definition) is 3. The van der Waals surface area contributed by atoms with E-state index in [-0.39, 0.29) is 16.9 Å². The van der Waals surface area contributed by atoms with Crippen molar-refractivity contribution in [1.82, 2.24) is 0 Å². The maximum absolute atomic E-state index is 13.6. The standard InChI is InChI=1S/C12H8F2O3/c13-10-8(5-9(16)11(14)12(10)17)6-2-1-3-7(15)4-6/h1-5,15-17H. The molecule has 2 rings (SSSR count). The van der Waals surface area contributed by atoms with E-state index >= 15 is 0 Å². The van der Waals surface area contributed by atoms with Gasteiger partial charge in [-0.2, -0.15) is 4.39 Å². The van der Waals surface area contributed by atoms with Crippen LogP contribution in [0.4, 0.5) is 8.78 Å². The minimum atomic E-state index is -1.41. The molecule has 2 aromatic carbocycles. The molecule has 3 nitrogen and oxygen atoms in total. The largest absolute Gasteiger partial charge is 0.508 e. The van der Waals surface area contributed by atoms with Crippen molar-refractivity contribution < 1.29 is 24.1 Å². The molecule has 0 aliphatic carbocycles. The van der Waals surface area contributed by atoms with Crippen LogP contribution in [0.25, 0.3) is 11.1 Å². The summed E-state index contributed by atoms with van der Waals surface area (Å²) in [6.07, 6.45) is 0. The molecule has 0 radical (unpaired) electrons. The summed E-state index contributed by atoms with van der Waals surface area (Å²) in [6.45, 7) is 0. The molecule has 0 aliphatic rings. The van der Waals surface area contributed by atoms with Crippen molar-refractivity contribution in [3.05, 3.63) is 42.0 Å². The Hall–Kier alpha value is -2.30. The van der Waals surface area contributed by atoms with Crippen LogP contribution in [0.15, 0.2) is 30.3 Å². The Morgan fingerprint density at radius 3 is 2.24 bits per heavy atom. The number of rotatable bonds is 1. The van der Waals surface area contributed by atoms with Gasteiger partial charge in [-0.05, 0) is 23.8 Å². The van der Waals surface area contributed by atoms with E-state index < -0.39 is 23.1 Å². The molecule has 0 atom stereocenters. The first-order valence-electron chi connectivity index (χ1n) is 4.70. The lowest BCUT2D eigenvalue weighted by atomic mass is 10.0. The van der Waals surface area contributed by atoms with Crippen LogP contribution in [0.2, 0.25) is 0 Å². The van der Waals surface area contributed by atoms with E-state index in [1.54, 1.807) is 0 Å². The van der Waals surface area contributed by atoms with Crippen LogP contribution < -0.4 is 0 Å². The quantitative estimate of drug-likeness (QED) is 0.715. The second kappa shape index (κ2) is 3.93. The smallest absolute Gasteiger partial charge is 0.209 e. The summed E-state index contributed by atoms with van der Waals surface area (Å²) in [5.41, 5.74) is 0.0189. The topological polar surface area (TPSA) is 60.7 Å². The highest BCUT2D eigenvalue weighted by atomic mass is 19.1. The van der Waals surface area contributed by atoms with Crippen LogP contribution in [-0.4, -0.2) is 15.3 Å². The van der Waals surface area contributed by atoms with Crippen molar-refractivity contribution in [2.24, 2.45) is 0 Å². The molecule has 3 N–H and O–H groups in total. The number of halogens is 2. The number of aromatic hydroxyl groups is 3. The zero-order valence-corrected chi connectivity index (χ0v) is 8.48. The molecule has 0 saturated heterocycles. The van der Waals surface area contributed by atoms with E-state index in [0.717, 1.165) is 6.07 Å². The highest BCUT2D eigenvalue weighted by Crippen LogP contribution is 2.36. The molecule has 0 aromatic heterocycles. The average molecular weight is 238 g/mol. The van der Waals surface area contributed by atoms with Crippen molar-refractivity contribution in [2.45, 2.75) is 0 Å². The Labute approximate surface area is 95.2 Å². The minimum absolute atomic E-state index is 0.106. The monoisotopic (exact) mass is 238 g/mol. The summed E-state index contributed by atoms with van der Waals surface area (Å²) in [4.78, 5) is 0. The summed E-state index contributed by atoms with van der Waals surface area (Å²) in [6, 6.07) is 6.37. The third-order valence-electron chi connectivity index (χ3n) is 2.32. The van der Waals surface area contributed by atoms with Crippen LogP contribution in [0.1, 0.15) is 0 Å². The van der Waals surface area contributed by atoms with Gasteiger partial charge in [0.1, 0.15) is 5.75 Å². The highest BCUT2D eigenvalue weighted by Gasteiger charge is 2.18. The highest BCUT2D eigenvalue weighted by molar-refractivity contribution is 5.69. The molecule has 0 saturated carbocycles. The first-order valence-corrected chi connectivity index (χ1v) is 4.70. The predicted molar refractivity (Wildman–Crippen MR) is 56.8 cm³/mol. The van der Waals surface area contributed by atoms with Gasteiger partial charge in [-0.3, -0.25) is 0 Å². The number of phenols is 3. The second-order valence-corrected chi connectivity index (χ2v) is 3.47. The number of hydrogen-bond donors (Lipinski definition) is 3. The van der Waals surface area contributed by atoms with E-state index in [9.17, 15) is 19.0 Å². The Bertz CT molecular complexity index is 582. The molecule has 88 valence electrons. The lowest BCUT2D eigenvalue weighted by molar-refractivity contribution is 0.367. The molecule has 0 fully saturated rings. The Kier molecular flexibility index (Phi) is 2.59. The molecule has 0 bridgehead atoms. The third-order valence-corrected chi connectivity index (χ3v) is 2.32.